The molecule has 1 aromatic rings. The smallest absolute Gasteiger partial charge is 0.315 e. The van der Waals surface area contributed by atoms with Gasteiger partial charge in [-0.15, -0.1) is 0 Å². The number of rotatable bonds is 10. The third-order valence-corrected chi connectivity index (χ3v) is 3.04. The van der Waals surface area contributed by atoms with E-state index in [4.69, 9.17) is 9.84 Å². The van der Waals surface area contributed by atoms with Crippen molar-refractivity contribution in [1.29, 1.82) is 0 Å². The van der Waals surface area contributed by atoms with Crippen molar-refractivity contribution in [3.05, 3.63) is 28.3 Å². The number of benzene rings is 1. The highest BCUT2D eigenvalue weighted by Gasteiger charge is 2.23. The molecule has 21 heavy (non-hydrogen) atoms. The van der Waals surface area contributed by atoms with Crippen LogP contribution in [0.3, 0.4) is 0 Å². The Labute approximate surface area is 124 Å². The molecule has 1 rings (SSSR count). The number of aliphatic hydroxyl groups excluding tert-OH is 1. The van der Waals surface area contributed by atoms with Gasteiger partial charge in [0.05, 0.1) is 18.1 Å². The van der Waals surface area contributed by atoms with Gasteiger partial charge in [-0.05, 0) is 18.6 Å². The lowest BCUT2D eigenvalue weighted by molar-refractivity contribution is -0.383. The van der Waals surface area contributed by atoms with Crippen molar-refractivity contribution in [2.45, 2.75) is 13.3 Å². The molecule has 0 spiro atoms. The minimum absolute atomic E-state index is 0.0375. The Bertz CT molecular complexity index is 454. The highest BCUT2D eigenvalue weighted by molar-refractivity contribution is 5.77. The van der Waals surface area contributed by atoms with Crippen molar-refractivity contribution in [2.24, 2.45) is 0 Å². The molecule has 0 saturated heterocycles. The maximum atomic E-state index is 11.4. The minimum Gasteiger partial charge on any atom is -0.395 e. The van der Waals surface area contributed by atoms with E-state index in [1.807, 2.05) is 6.92 Å². The summed E-state index contributed by atoms with van der Waals surface area (Å²) in [5.74, 6) is 0. The van der Waals surface area contributed by atoms with Gasteiger partial charge in [0.2, 0.25) is 0 Å². The van der Waals surface area contributed by atoms with Gasteiger partial charge in [0.1, 0.15) is 11.4 Å². The molecule has 0 fully saturated rings. The number of methoxy groups -OCH3 is 1. The molecule has 0 atom stereocenters. The van der Waals surface area contributed by atoms with Crippen LogP contribution in [0.2, 0.25) is 0 Å². The quantitative estimate of drug-likeness (QED) is 0.506. The van der Waals surface area contributed by atoms with Crippen LogP contribution in [0.15, 0.2) is 18.2 Å². The molecule has 0 heterocycles. The maximum Gasteiger partial charge on any atom is 0.315 e. The molecule has 1 aromatic carbocycles. The Morgan fingerprint density at radius 3 is 2.76 bits per heavy atom. The molecule has 7 heteroatoms. The Balaban J connectivity index is 3.14. The predicted octanol–water partition coefficient (Wildman–Crippen LogP) is 1.86. The van der Waals surface area contributed by atoms with Crippen molar-refractivity contribution in [2.75, 3.05) is 50.2 Å². The van der Waals surface area contributed by atoms with E-state index >= 15 is 0 Å². The number of aliphatic hydroxyl groups is 1. The van der Waals surface area contributed by atoms with E-state index in [0.717, 1.165) is 6.42 Å². The number of hydrogen-bond donors (Lipinski definition) is 2. The van der Waals surface area contributed by atoms with Crippen molar-refractivity contribution in [3.63, 3.8) is 0 Å². The van der Waals surface area contributed by atoms with E-state index in [0.29, 0.717) is 37.6 Å². The summed E-state index contributed by atoms with van der Waals surface area (Å²) in [7, 11) is 1.57. The number of anilines is 2. The molecule has 0 saturated carbocycles. The fourth-order valence-corrected chi connectivity index (χ4v) is 2.06. The number of nitro benzene ring substituents is 1. The molecule has 2 N–H and O–H groups in total. The Morgan fingerprint density at radius 2 is 2.19 bits per heavy atom. The van der Waals surface area contributed by atoms with Crippen LogP contribution in [0.5, 0.6) is 0 Å². The van der Waals surface area contributed by atoms with Crippen LogP contribution in [0.4, 0.5) is 17.1 Å². The SMILES string of the molecule is CCCNc1cccc(N(CCO)CCOC)c1[N+](=O)[O-]. The second kappa shape index (κ2) is 9.15. The predicted molar refractivity (Wildman–Crippen MR) is 83.1 cm³/mol. The van der Waals surface area contributed by atoms with Gasteiger partial charge in [0.15, 0.2) is 0 Å². The number of nitrogens with zero attached hydrogens (tertiary/aromatic N) is 2. The van der Waals surface area contributed by atoms with E-state index in [2.05, 4.69) is 5.32 Å². The van der Waals surface area contributed by atoms with Gasteiger partial charge in [-0.25, -0.2) is 0 Å². The summed E-state index contributed by atoms with van der Waals surface area (Å²) < 4.78 is 5.03. The summed E-state index contributed by atoms with van der Waals surface area (Å²) in [4.78, 5) is 12.8. The van der Waals surface area contributed by atoms with Gasteiger partial charge >= 0.3 is 5.69 Å². The second-order valence-electron chi connectivity index (χ2n) is 4.56. The van der Waals surface area contributed by atoms with Crippen molar-refractivity contribution < 1.29 is 14.8 Å². The second-order valence-corrected chi connectivity index (χ2v) is 4.56. The summed E-state index contributed by atoms with van der Waals surface area (Å²) in [5.41, 5.74) is 1.03. The fourth-order valence-electron chi connectivity index (χ4n) is 2.06. The van der Waals surface area contributed by atoms with Crippen LogP contribution in [0.1, 0.15) is 13.3 Å². The average molecular weight is 297 g/mol. The molecule has 0 unspecified atom stereocenters. The largest absolute Gasteiger partial charge is 0.395 e. The minimum atomic E-state index is -0.384. The molecule has 118 valence electrons. The first-order chi connectivity index (χ1) is 10.2. The van der Waals surface area contributed by atoms with Crippen molar-refractivity contribution >= 4 is 17.1 Å². The van der Waals surface area contributed by atoms with E-state index < -0.39 is 0 Å². The average Bonchev–Trinajstić information content (AvgIpc) is 2.48. The van der Waals surface area contributed by atoms with Crippen LogP contribution >= 0.6 is 0 Å². The van der Waals surface area contributed by atoms with Crippen LogP contribution in [-0.4, -0.2) is 50.0 Å². The third kappa shape index (κ3) is 4.87. The Morgan fingerprint density at radius 1 is 1.43 bits per heavy atom. The van der Waals surface area contributed by atoms with Crippen molar-refractivity contribution in [3.8, 4) is 0 Å². The van der Waals surface area contributed by atoms with Gasteiger partial charge in [0, 0.05) is 26.7 Å². The van der Waals surface area contributed by atoms with Gasteiger partial charge in [-0.1, -0.05) is 13.0 Å². The molecule has 0 aliphatic rings. The lowest BCUT2D eigenvalue weighted by Gasteiger charge is -2.24. The van der Waals surface area contributed by atoms with E-state index in [1.165, 1.54) is 0 Å². The summed E-state index contributed by atoms with van der Waals surface area (Å²) >= 11 is 0. The third-order valence-electron chi connectivity index (χ3n) is 3.04. The van der Waals surface area contributed by atoms with Crippen LogP contribution < -0.4 is 10.2 Å². The standard InChI is InChI=1S/C14H23N3O4/c1-3-7-15-12-5-4-6-13(14(12)17(19)20)16(8-10-18)9-11-21-2/h4-6,15,18H,3,7-11H2,1-2H3. The number of nitro groups is 1. The molecule has 7 nitrogen and oxygen atoms in total. The van der Waals surface area contributed by atoms with Gasteiger partial charge in [-0.2, -0.15) is 0 Å². The molecule has 0 aliphatic carbocycles. The molecular formula is C14H23N3O4. The van der Waals surface area contributed by atoms with Gasteiger partial charge in [0.25, 0.3) is 0 Å². The number of ether oxygens (including phenoxy) is 1. The summed E-state index contributed by atoms with van der Waals surface area (Å²) in [6.45, 7) is 3.83. The molecule has 0 aliphatic heterocycles. The van der Waals surface area contributed by atoms with Gasteiger partial charge in [-0.3, -0.25) is 10.1 Å². The van der Waals surface area contributed by atoms with E-state index in [9.17, 15) is 10.1 Å². The summed E-state index contributed by atoms with van der Waals surface area (Å²) in [6.07, 6.45) is 0.880. The summed E-state index contributed by atoms with van der Waals surface area (Å²) in [6, 6.07) is 5.17. The molecule has 0 amide bonds. The number of nitrogens with one attached hydrogen (secondary N) is 1. The topological polar surface area (TPSA) is 87.9 Å². The lowest BCUT2D eigenvalue weighted by Crippen LogP contribution is -2.30. The normalized spacial score (nSPS) is 10.4. The van der Waals surface area contributed by atoms with E-state index in [-0.39, 0.29) is 17.2 Å². The first-order valence-corrected chi connectivity index (χ1v) is 7.01. The Kier molecular flexibility index (Phi) is 7.49. The monoisotopic (exact) mass is 297 g/mol. The van der Waals surface area contributed by atoms with Crippen LogP contribution in [0.25, 0.3) is 0 Å². The Hall–Kier alpha value is -1.86. The highest BCUT2D eigenvalue weighted by Crippen LogP contribution is 2.35. The molecule has 0 bridgehead atoms. The number of hydrogen-bond acceptors (Lipinski definition) is 6. The first-order valence-electron chi connectivity index (χ1n) is 7.01. The van der Waals surface area contributed by atoms with Crippen LogP contribution in [-0.2, 0) is 4.74 Å². The van der Waals surface area contributed by atoms with E-state index in [1.54, 1.807) is 30.2 Å². The van der Waals surface area contributed by atoms with Crippen LogP contribution in [0, 0.1) is 10.1 Å². The zero-order valence-electron chi connectivity index (χ0n) is 12.5. The van der Waals surface area contributed by atoms with Crippen molar-refractivity contribution in [1.82, 2.24) is 0 Å². The number of para-hydroxylation sites is 1. The maximum absolute atomic E-state index is 11.4. The zero-order chi connectivity index (χ0) is 15.7. The van der Waals surface area contributed by atoms with Gasteiger partial charge < -0.3 is 20.1 Å². The molecule has 0 radical (unpaired) electrons. The fraction of sp³-hybridized carbons (Fsp3) is 0.571. The summed E-state index contributed by atoms with van der Waals surface area (Å²) in [5, 5.41) is 23.7. The molecule has 0 aromatic heterocycles. The first kappa shape index (κ1) is 17.2. The highest BCUT2D eigenvalue weighted by atomic mass is 16.6. The lowest BCUT2D eigenvalue weighted by atomic mass is 10.2. The zero-order valence-corrected chi connectivity index (χ0v) is 12.5. The molecular weight excluding hydrogens is 274 g/mol.